The standard InChI is InChI=1S/C14H17N3OS/c15-10-7-5-9(6-8-10)13(18)17-14-16-11-3-1-2-4-12(11)19-14/h1-4,9-10H,5-8,15H2,(H,16,17,18). The number of hydrogen-bond acceptors (Lipinski definition) is 4. The molecule has 3 N–H and O–H groups in total. The first-order valence-corrected chi connectivity index (χ1v) is 7.46. The van der Waals surface area contributed by atoms with Crippen molar-refractivity contribution in [1.82, 2.24) is 4.98 Å². The minimum Gasteiger partial charge on any atom is -0.328 e. The van der Waals surface area contributed by atoms with E-state index in [2.05, 4.69) is 10.3 Å². The topological polar surface area (TPSA) is 68.0 Å². The second-order valence-corrected chi connectivity index (χ2v) is 6.12. The number of carbonyl (C=O) groups is 1. The summed E-state index contributed by atoms with van der Waals surface area (Å²) in [5.41, 5.74) is 6.80. The highest BCUT2D eigenvalue weighted by Crippen LogP contribution is 2.28. The number of nitrogens with two attached hydrogens (primary N) is 1. The van der Waals surface area contributed by atoms with Crippen LogP contribution in [0.25, 0.3) is 10.2 Å². The second-order valence-electron chi connectivity index (χ2n) is 5.09. The van der Waals surface area contributed by atoms with Gasteiger partial charge >= 0.3 is 0 Å². The van der Waals surface area contributed by atoms with Crippen molar-refractivity contribution in [3.63, 3.8) is 0 Å². The van der Waals surface area contributed by atoms with Crippen molar-refractivity contribution in [3.05, 3.63) is 24.3 Å². The molecule has 2 aromatic rings. The number of hydrogen-bond donors (Lipinski definition) is 2. The maximum atomic E-state index is 12.2. The Morgan fingerprint density at radius 3 is 2.74 bits per heavy atom. The molecule has 1 saturated carbocycles. The Balaban J connectivity index is 1.68. The lowest BCUT2D eigenvalue weighted by Crippen LogP contribution is -2.32. The van der Waals surface area contributed by atoms with Crippen molar-refractivity contribution >= 4 is 32.6 Å². The number of benzene rings is 1. The zero-order valence-electron chi connectivity index (χ0n) is 10.6. The van der Waals surface area contributed by atoms with E-state index in [0.717, 1.165) is 35.9 Å². The van der Waals surface area contributed by atoms with Crippen LogP contribution >= 0.6 is 11.3 Å². The Kier molecular flexibility index (Phi) is 3.48. The third kappa shape index (κ3) is 2.77. The lowest BCUT2D eigenvalue weighted by molar-refractivity contribution is -0.120. The summed E-state index contributed by atoms with van der Waals surface area (Å²) in [5.74, 6) is 0.178. The maximum absolute atomic E-state index is 12.2. The fraction of sp³-hybridized carbons (Fsp3) is 0.429. The normalized spacial score (nSPS) is 23.4. The number of rotatable bonds is 2. The van der Waals surface area contributed by atoms with E-state index in [1.165, 1.54) is 11.3 Å². The van der Waals surface area contributed by atoms with Gasteiger partial charge in [0, 0.05) is 12.0 Å². The van der Waals surface area contributed by atoms with Crippen LogP contribution in [0.5, 0.6) is 0 Å². The fourth-order valence-corrected chi connectivity index (χ4v) is 3.38. The highest BCUT2D eigenvalue weighted by molar-refractivity contribution is 7.22. The minimum absolute atomic E-state index is 0.0888. The molecule has 3 rings (SSSR count). The van der Waals surface area contributed by atoms with Crippen molar-refractivity contribution in [2.45, 2.75) is 31.7 Å². The Morgan fingerprint density at radius 1 is 1.26 bits per heavy atom. The molecule has 0 spiro atoms. The predicted octanol–water partition coefficient (Wildman–Crippen LogP) is 2.75. The van der Waals surface area contributed by atoms with Gasteiger partial charge in [-0.15, -0.1) is 0 Å². The number of anilines is 1. The van der Waals surface area contributed by atoms with E-state index in [9.17, 15) is 4.79 Å². The molecule has 1 aromatic carbocycles. The lowest BCUT2D eigenvalue weighted by atomic mass is 9.86. The molecule has 0 unspecified atom stereocenters. The quantitative estimate of drug-likeness (QED) is 0.885. The molecule has 1 aromatic heterocycles. The van der Waals surface area contributed by atoms with Crippen LogP contribution in [-0.4, -0.2) is 16.9 Å². The van der Waals surface area contributed by atoms with Gasteiger partial charge in [-0.25, -0.2) is 4.98 Å². The molecule has 1 aliphatic carbocycles. The molecular weight excluding hydrogens is 258 g/mol. The first-order chi connectivity index (χ1) is 9.22. The van der Waals surface area contributed by atoms with Crippen LogP contribution in [0.1, 0.15) is 25.7 Å². The largest absolute Gasteiger partial charge is 0.328 e. The van der Waals surface area contributed by atoms with Crippen molar-refractivity contribution < 1.29 is 4.79 Å². The van der Waals surface area contributed by atoms with Gasteiger partial charge in [0.05, 0.1) is 10.2 Å². The summed E-state index contributed by atoms with van der Waals surface area (Å²) in [6.07, 6.45) is 3.66. The highest BCUT2D eigenvalue weighted by Gasteiger charge is 2.25. The van der Waals surface area contributed by atoms with E-state index < -0.39 is 0 Å². The summed E-state index contributed by atoms with van der Waals surface area (Å²) >= 11 is 1.52. The monoisotopic (exact) mass is 275 g/mol. The minimum atomic E-state index is 0.0888. The molecule has 1 heterocycles. The molecular formula is C14H17N3OS. The molecule has 0 atom stereocenters. The molecule has 0 bridgehead atoms. The molecule has 19 heavy (non-hydrogen) atoms. The summed E-state index contributed by atoms with van der Waals surface area (Å²) < 4.78 is 1.10. The molecule has 0 radical (unpaired) electrons. The molecule has 1 amide bonds. The van der Waals surface area contributed by atoms with Crippen LogP contribution in [0.4, 0.5) is 5.13 Å². The van der Waals surface area contributed by atoms with Crippen LogP contribution in [0.15, 0.2) is 24.3 Å². The van der Waals surface area contributed by atoms with Crippen LogP contribution in [0.3, 0.4) is 0 Å². The number of carbonyl (C=O) groups excluding carboxylic acids is 1. The highest BCUT2D eigenvalue weighted by atomic mass is 32.1. The van der Waals surface area contributed by atoms with Gasteiger partial charge in [-0.1, -0.05) is 23.5 Å². The number of amides is 1. The van der Waals surface area contributed by atoms with E-state index in [1.54, 1.807) is 0 Å². The van der Waals surface area contributed by atoms with Gasteiger partial charge < -0.3 is 11.1 Å². The molecule has 4 nitrogen and oxygen atoms in total. The maximum Gasteiger partial charge on any atom is 0.229 e. The third-order valence-electron chi connectivity index (χ3n) is 3.67. The van der Waals surface area contributed by atoms with Gasteiger partial charge in [-0.3, -0.25) is 4.79 Å². The average molecular weight is 275 g/mol. The van der Waals surface area contributed by atoms with E-state index in [4.69, 9.17) is 5.73 Å². The smallest absolute Gasteiger partial charge is 0.229 e. The molecule has 1 fully saturated rings. The van der Waals surface area contributed by atoms with Gasteiger partial charge in [-0.05, 0) is 37.8 Å². The summed E-state index contributed by atoms with van der Waals surface area (Å²) in [6, 6.07) is 8.18. The summed E-state index contributed by atoms with van der Waals surface area (Å²) in [7, 11) is 0. The van der Waals surface area contributed by atoms with Crippen LogP contribution in [0, 0.1) is 5.92 Å². The number of para-hydroxylation sites is 1. The predicted molar refractivity (Wildman–Crippen MR) is 78.2 cm³/mol. The first-order valence-electron chi connectivity index (χ1n) is 6.64. The molecule has 0 saturated heterocycles. The van der Waals surface area contributed by atoms with Gasteiger partial charge in [0.1, 0.15) is 0 Å². The SMILES string of the molecule is NC1CCC(C(=O)Nc2nc3ccccc3s2)CC1. The van der Waals surface area contributed by atoms with Crippen molar-refractivity contribution in [2.75, 3.05) is 5.32 Å². The van der Waals surface area contributed by atoms with Crippen LogP contribution in [0.2, 0.25) is 0 Å². The summed E-state index contributed by atoms with van der Waals surface area (Å²) in [4.78, 5) is 16.6. The number of nitrogens with zero attached hydrogens (tertiary/aromatic N) is 1. The summed E-state index contributed by atoms with van der Waals surface area (Å²) in [5, 5.41) is 3.64. The number of fused-ring (bicyclic) bond motifs is 1. The zero-order chi connectivity index (χ0) is 13.2. The Morgan fingerprint density at radius 2 is 2.00 bits per heavy atom. The Hall–Kier alpha value is -1.46. The van der Waals surface area contributed by atoms with Gasteiger partial charge in [-0.2, -0.15) is 0 Å². The van der Waals surface area contributed by atoms with E-state index in [1.807, 2.05) is 24.3 Å². The molecule has 1 aliphatic rings. The number of aromatic nitrogens is 1. The summed E-state index contributed by atoms with van der Waals surface area (Å²) in [6.45, 7) is 0. The van der Waals surface area contributed by atoms with E-state index in [-0.39, 0.29) is 17.9 Å². The molecule has 0 aliphatic heterocycles. The second kappa shape index (κ2) is 5.27. The third-order valence-corrected chi connectivity index (χ3v) is 4.62. The average Bonchev–Trinajstić information content (AvgIpc) is 2.81. The zero-order valence-corrected chi connectivity index (χ0v) is 11.5. The first kappa shape index (κ1) is 12.6. The van der Waals surface area contributed by atoms with Crippen LogP contribution < -0.4 is 11.1 Å². The number of thiazole rings is 1. The molecule has 5 heteroatoms. The van der Waals surface area contributed by atoms with Gasteiger partial charge in [0.25, 0.3) is 0 Å². The lowest BCUT2D eigenvalue weighted by Gasteiger charge is -2.24. The van der Waals surface area contributed by atoms with E-state index in [0.29, 0.717) is 5.13 Å². The Bertz CT molecular complexity index is 554. The number of nitrogens with one attached hydrogen (secondary N) is 1. The van der Waals surface area contributed by atoms with Gasteiger partial charge in [0.2, 0.25) is 5.91 Å². The van der Waals surface area contributed by atoms with Crippen molar-refractivity contribution in [1.29, 1.82) is 0 Å². The van der Waals surface area contributed by atoms with Crippen molar-refractivity contribution in [3.8, 4) is 0 Å². The van der Waals surface area contributed by atoms with Gasteiger partial charge in [0.15, 0.2) is 5.13 Å². The Labute approximate surface area is 116 Å². The van der Waals surface area contributed by atoms with E-state index >= 15 is 0 Å². The van der Waals surface area contributed by atoms with Crippen molar-refractivity contribution in [2.24, 2.45) is 11.7 Å². The molecule has 100 valence electrons. The fourth-order valence-electron chi connectivity index (χ4n) is 2.51. The van der Waals surface area contributed by atoms with Crippen LogP contribution in [-0.2, 0) is 4.79 Å².